The summed E-state index contributed by atoms with van der Waals surface area (Å²) in [4.78, 5) is 10.7. The highest BCUT2D eigenvalue weighted by atomic mass is 32.2. The van der Waals surface area contributed by atoms with Gasteiger partial charge >= 0.3 is 17.3 Å². The topological polar surface area (TPSA) is 63.6 Å². The number of rotatable bonds is 4. The summed E-state index contributed by atoms with van der Waals surface area (Å²) >= 11 is -2.46. The van der Waals surface area contributed by atoms with Gasteiger partial charge in [0, 0.05) is 14.5 Å². The van der Waals surface area contributed by atoms with Crippen molar-refractivity contribution in [3.8, 4) is 0 Å². The fourth-order valence-electron chi connectivity index (χ4n) is 0.598. The lowest BCUT2D eigenvalue weighted by atomic mass is 10.5. The van der Waals surface area contributed by atoms with E-state index in [1.165, 1.54) is 0 Å². The molecule has 0 aromatic carbocycles. The van der Waals surface area contributed by atoms with Crippen molar-refractivity contribution in [2.45, 2.75) is 32.1 Å². The van der Waals surface area contributed by atoms with Crippen LogP contribution < -0.4 is 0 Å². The molecule has 72 valence electrons. The van der Waals surface area contributed by atoms with Gasteiger partial charge in [0.05, 0.1) is 0 Å². The van der Waals surface area contributed by atoms with Gasteiger partial charge < -0.3 is 4.18 Å². The molecule has 0 amide bonds. The van der Waals surface area contributed by atoms with Crippen LogP contribution in [0.4, 0.5) is 0 Å². The molecule has 0 aliphatic heterocycles. The van der Waals surface area contributed by atoms with Gasteiger partial charge in [-0.3, -0.25) is 9.35 Å². The zero-order valence-corrected chi connectivity index (χ0v) is 9.31. The highest BCUT2D eigenvalue weighted by molar-refractivity contribution is 7.74. The van der Waals surface area contributed by atoms with Gasteiger partial charge in [0.2, 0.25) is 0 Å². The molecular formula is C6H14O4SSi. The Morgan fingerprint density at radius 1 is 1.50 bits per heavy atom. The van der Waals surface area contributed by atoms with E-state index in [1.807, 2.05) is 0 Å². The molecule has 0 aromatic rings. The summed E-state index contributed by atoms with van der Waals surface area (Å²) in [6.07, 6.45) is 0.238. The Morgan fingerprint density at radius 3 is 2.33 bits per heavy atom. The Labute approximate surface area is 75.8 Å². The molecule has 0 saturated heterocycles. The molecule has 0 saturated carbocycles. The van der Waals surface area contributed by atoms with Crippen LogP contribution in [0.1, 0.15) is 6.42 Å². The normalized spacial score (nSPS) is 14.0. The SMILES string of the molecule is C[Si](C)(C)CCC(=O)OS(=O)O. The lowest BCUT2D eigenvalue weighted by Gasteiger charge is -2.13. The fraction of sp³-hybridized carbons (Fsp3) is 0.833. The van der Waals surface area contributed by atoms with Crippen molar-refractivity contribution in [3.05, 3.63) is 0 Å². The molecule has 0 aliphatic rings. The van der Waals surface area contributed by atoms with E-state index in [2.05, 4.69) is 23.8 Å². The Kier molecular flexibility index (Phi) is 4.65. The monoisotopic (exact) mass is 210 g/mol. The van der Waals surface area contributed by atoms with Gasteiger partial charge in [0.15, 0.2) is 0 Å². The van der Waals surface area contributed by atoms with Crippen LogP contribution in [0.25, 0.3) is 0 Å². The number of carbonyl (C=O) groups excluding carboxylic acids is 1. The van der Waals surface area contributed by atoms with Gasteiger partial charge in [0.1, 0.15) is 0 Å². The molecule has 0 radical (unpaired) electrons. The highest BCUT2D eigenvalue weighted by Gasteiger charge is 2.16. The fourth-order valence-corrected chi connectivity index (χ4v) is 1.79. The Morgan fingerprint density at radius 2 is 2.00 bits per heavy atom. The summed E-state index contributed by atoms with van der Waals surface area (Å²) in [5, 5.41) is 0. The minimum Gasteiger partial charge on any atom is -0.343 e. The van der Waals surface area contributed by atoms with Crippen LogP contribution in [0.3, 0.4) is 0 Å². The van der Waals surface area contributed by atoms with E-state index in [4.69, 9.17) is 4.55 Å². The molecule has 0 spiro atoms. The molecule has 0 rings (SSSR count). The van der Waals surface area contributed by atoms with Crippen LogP contribution >= 0.6 is 0 Å². The molecule has 0 heterocycles. The first-order valence-electron chi connectivity index (χ1n) is 3.63. The summed E-state index contributed by atoms with van der Waals surface area (Å²) in [7, 11) is -1.25. The Hall–Kier alpha value is -0.203. The van der Waals surface area contributed by atoms with E-state index in [0.29, 0.717) is 0 Å². The van der Waals surface area contributed by atoms with Gasteiger partial charge in [-0.1, -0.05) is 19.6 Å². The number of carbonyl (C=O) groups is 1. The third-order valence-corrected chi connectivity index (χ3v) is 3.32. The molecule has 0 aliphatic carbocycles. The largest absolute Gasteiger partial charge is 0.360 e. The summed E-state index contributed by atoms with van der Waals surface area (Å²) in [6, 6.07) is 0.781. The molecule has 0 bridgehead atoms. The molecule has 6 heteroatoms. The molecule has 12 heavy (non-hydrogen) atoms. The lowest BCUT2D eigenvalue weighted by molar-refractivity contribution is -0.133. The molecule has 0 fully saturated rings. The first kappa shape index (κ1) is 11.8. The van der Waals surface area contributed by atoms with Crippen molar-refractivity contribution >= 4 is 25.4 Å². The maximum atomic E-state index is 10.7. The van der Waals surface area contributed by atoms with Crippen LogP contribution in [0.15, 0.2) is 0 Å². The van der Waals surface area contributed by atoms with E-state index in [9.17, 15) is 9.00 Å². The molecule has 4 nitrogen and oxygen atoms in total. The van der Waals surface area contributed by atoms with E-state index in [0.717, 1.165) is 6.04 Å². The minimum absolute atomic E-state index is 0.238. The molecular weight excluding hydrogens is 196 g/mol. The smallest absolute Gasteiger partial charge is 0.343 e. The highest BCUT2D eigenvalue weighted by Crippen LogP contribution is 2.11. The van der Waals surface area contributed by atoms with Crippen molar-refractivity contribution in [2.75, 3.05) is 0 Å². The van der Waals surface area contributed by atoms with Crippen LogP contribution in [0.2, 0.25) is 25.7 Å². The second-order valence-corrected chi connectivity index (χ2v) is 9.96. The second kappa shape index (κ2) is 4.73. The zero-order chi connectivity index (χ0) is 9.78. The van der Waals surface area contributed by atoms with Crippen molar-refractivity contribution < 1.29 is 17.7 Å². The molecule has 1 N–H and O–H groups in total. The third-order valence-electron chi connectivity index (χ3n) is 1.24. The lowest BCUT2D eigenvalue weighted by Crippen LogP contribution is -2.21. The quantitative estimate of drug-likeness (QED) is 0.562. The van der Waals surface area contributed by atoms with Crippen LogP contribution in [0, 0.1) is 0 Å². The molecule has 0 aromatic heterocycles. The predicted molar refractivity (Wildman–Crippen MR) is 49.6 cm³/mol. The third kappa shape index (κ3) is 7.90. The standard InChI is InChI=1S/C6H14O4SSi/c1-12(2,3)5-4-6(7)10-11(8)9/h4-5H2,1-3H3,(H,8,9). The number of hydrogen-bond acceptors (Lipinski definition) is 3. The average Bonchev–Trinajstić information content (AvgIpc) is 1.80. The van der Waals surface area contributed by atoms with Crippen LogP contribution in [-0.4, -0.2) is 22.8 Å². The van der Waals surface area contributed by atoms with Crippen molar-refractivity contribution in [1.82, 2.24) is 0 Å². The van der Waals surface area contributed by atoms with Gasteiger partial charge in [-0.15, -0.1) is 0 Å². The minimum atomic E-state index is -2.46. The summed E-state index contributed by atoms with van der Waals surface area (Å²) in [5.74, 6) is -0.599. The number of hydrogen-bond donors (Lipinski definition) is 1. The van der Waals surface area contributed by atoms with E-state index in [-0.39, 0.29) is 6.42 Å². The van der Waals surface area contributed by atoms with E-state index < -0.39 is 25.4 Å². The van der Waals surface area contributed by atoms with Gasteiger partial charge in [-0.25, -0.2) is 0 Å². The predicted octanol–water partition coefficient (Wildman–Crippen LogP) is 1.39. The van der Waals surface area contributed by atoms with E-state index >= 15 is 0 Å². The van der Waals surface area contributed by atoms with Crippen LogP contribution in [0.5, 0.6) is 0 Å². The van der Waals surface area contributed by atoms with Crippen molar-refractivity contribution in [2.24, 2.45) is 0 Å². The second-order valence-electron chi connectivity index (χ2n) is 3.73. The zero-order valence-electron chi connectivity index (χ0n) is 7.49. The van der Waals surface area contributed by atoms with Crippen molar-refractivity contribution in [1.29, 1.82) is 0 Å². The maximum Gasteiger partial charge on any atom is 0.360 e. The van der Waals surface area contributed by atoms with Crippen LogP contribution in [-0.2, 0) is 20.3 Å². The van der Waals surface area contributed by atoms with Crippen molar-refractivity contribution in [3.63, 3.8) is 0 Å². The first-order valence-corrected chi connectivity index (χ1v) is 8.37. The Balaban J connectivity index is 3.65. The van der Waals surface area contributed by atoms with Gasteiger partial charge in [0.25, 0.3) is 0 Å². The molecule has 1 unspecified atom stereocenters. The summed E-state index contributed by atoms with van der Waals surface area (Å²) in [5.41, 5.74) is 0. The van der Waals surface area contributed by atoms with Gasteiger partial charge in [-0.2, -0.15) is 4.21 Å². The first-order chi connectivity index (χ1) is 5.31. The molecule has 1 atom stereocenters. The Bertz CT molecular complexity index is 186. The summed E-state index contributed by atoms with van der Waals surface area (Å²) < 4.78 is 22.3. The van der Waals surface area contributed by atoms with E-state index in [1.54, 1.807) is 0 Å². The van der Waals surface area contributed by atoms with Gasteiger partial charge in [-0.05, 0) is 6.04 Å². The average molecular weight is 210 g/mol. The maximum absolute atomic E-state index is 10.7. The summed E-state index contributed by atoms with van der Waals surface area (Å²) in [6.45, 7) is 6.36.